The zero-order chi connectivity index (χ0) is 42.7. The van der Waals surface area contributed by atoms with Crippen LogP contribution in [0.5, 0.6) is 0 Å². The van der Waals surface area contributed by atoms with Gasteiger partial charge in [-0.2, -0.15) is 0 Å². The molecule has 6 atom stereocenters. The number of aliphatic hydroxyl groups is 5. The highest BCUT2D eigenvalue weighted by molar-refractivity contribution is 7.47. The van der Waals surface area contributed by atoms with Crippen molar-refractivity contribution in [2.45, 2.75) is 198 Å². The molecule has 12 nitrogen and oxygen atoms in total. The summed E-state index contributed by atoms with van der Waals surface area (Å²) in [5.74, 6) is -0.498. The fraction of sp³-hybridized carbons (Fsp3) is 0.756. The van der Waals surface area contributed by atoms with E-state index in [0.29, 0.717) is 13.0 Å². The molecule has 0 heterocycles. The summed E-state index contributed by atoms with van der Waals surface area (Å²) in [6, 6.07) is 0. The number of unbranched alkanes of at least 4 members (excludes halogenated alkanes) is 14. The summed E-state index contributed by atoms with van der Waals surface area (Å²) in [7, 11) is -5.02. The SMILES string of the molecule is CC/C=C\C/C=C\C/C=C\CCCCCCCCCCOCC(COP(=O)(O)OC1C(O)C(O)C(O)C(O)C1O)OC(=O)CCCCCCC/C=C\C/C=C\CCC. The first kappa shape index (κ1) is 54.1. The van der Waals surface area contributed by atoms with Crippen LogP contribution < -0.4 is 0 Å². The van der Waals surface area contributed by atoms with Crippen molar-refractivity contribution in [3.8, 4) is 0 Å². The molecule has 336 valence electrons. The molecular weight excluding hydrogens is 763 g/mol. The molecule has 1 saturated carbocycles. The van der Waals surface area contributed by atoms with E-state index >= 15 is 0 Å². The summed E-state index contributed by atoms with van der Waals surface area (Å²) in [6.07, 6.45) is 31.5. The van der Waals surface area contributed by atoms with Crippen molar-refractivity contribution < 1.29 is 58.3 Å². The van der Waals surface area contributed by atoms with Crippen LogP contribution in [0.25, 0.3) is 0 Å². The number of esters is 1. The third-order valence-electron chi connectivity index (χ3n) is 9.86. The van der Waals surface area contributed by atoms with Gasteiger partial charge in [-0.1, -0.05) is 139 Å². The van der Waals surface area contributed by atoms with Gasteiger partial charge in [0.25, 0.3) is 0 Å². The first-order valence-corrected chi connectivity index (χ1v) is 23.6. The van der Waals surface area contributed by atoms with Crippen molar-refractivity contribution in [3.63, 3.8) is 0 Å². The molecule has 0 spiro atoms. The van der Waals surface area contributed by atoms with E-state index in [-0.39, 0.29) is 13.0 Å². The molecule has 0 radical (unpaired) electrons. The highest BCUT2D eigenvalue weighted by Crippen LogP contribution is 2.47. The zero-order valence-corrected chi connectivity index (χ0v) is 36.5. The standard InChI is InChI=1S/C45H79O12P/c1-3-5-7-9-11-13-15-17-18-19-20-21-23-25-27-29-31-33-35-54-36-38(37-55-58(52,53)57-45-43(50)41(48)40(47)42(49)44(45)51)56-39(46)34-32-30-28-26-24-22-16-14-12-10-8-6-4-2/h5,7-8,10-11,13-14,16-18,38,40-45,47-51H,3-4,6,9,12,15,19-37H2,1-2H3,(H,52,53)/b7-5-,10-8-,13-11-,16-14-,18-17-. The maximum atomic E-state index is 12.8. The van der Waals surface area contributed by atoms with Gasteiger partial charge in [0.15, 0.2) is 0 Å². The first-order valence-electron chi connectivity index (χ1n) is 22.1. The highest BCUT2D eigenvalue weighted by Gasteiger charge is 2.51. The maximum Gasteiger partial charge on any atom is 0.472 e. The minimum atomic E-state index is -5.02. The molecule has 0 aromatic rings. The Bertz CT molecular complexity index is 1190. The Kier molecular flexibility index (Phi) is 33.3. The molecular formula is C45H79O12P. The zero-order valence-electron chi connectivity index (χ0n) is 35.6. The third-order valence-corrected chi connectivity index (χ3v) is 10.8. The van der Waals surface area contributed by atoms with Crippen LogP contribution in [0.3, 0.4) is 0 Å². The quantitative estimate of drug-likeness (QED) is 0.0153. The number of rotatable bonds is 36. The van der Waals surface area contributed by atoms with Gasteiger partial charge in [-0.15, -0.1) is 0 Å². The van der Waals surface area contributed by atoms with E-state index in [1.54, 1.807) is 0 Å². The molecule has 6 N–H and O–H groups in total. The summed E-state index contributed by atoms with van der Waals surface area (Å²) < 4.78 is 34.1. The molecule has 0 aliphatic heterocycles. The number of phosphoric acid groups is 1. The lowest BCUT2D eigenvalue weighted by Gasteiger charge is -2.41. The molecule has 6 unspecified atom stereocenters. The Balaban J connectivity index is 2.42. The molecule has 0 saturated heterocycles. The van der Waals surface area contributed by atoms with E-state index in [9.17, 15) is 39.8 Å². The summed E-state index contributed by atoms with van der Waals surface area (Å²) in [6.45, 7) is 4.03. The van der Waals surface area contributed by atoms with Crippen molar-refractivity contribution in [2.24, 2.45) is 0 Å². The van der Waals surface area contributed by atoms with Gasteiger partial charge >= 0.3 is 13.8 Å². The third kappa shape index (κ3) is 27.7. The van der Waals surface area contributed by atoms with Crippen LogP contribution in [0.2, 0.25) is 0 Å². The van der Waals surface area contributed by atoms with E-state index in [1.807, 2.05) is 0 Å². The largest absolute Gasteiger partial charge is 0.472 e. The number of hydrogen-bond donors (Lipinski definition) is 6. The number of carbonyl (C=O) groups is 1. The van der Waals surface area contributed by atoms with E-state index in [0.717, 1.165) is 103 Å². The molecule has 0 aromatic carbocycles. The fourth-order valence-electron chi connectivity index (χ4n) is 6.35. The summed E-state index contributed by atoms with van der Waals surface area (Å²) >= 11 is 0. The van der Waals surface area contributed by atoms with Crippen LogP contribution in [-0.2, 0) is 27.9 Å². The van der Waals surface area contributed by atoms with Crippen LogP contribution >= 0.6 is 7.82 Å². The van der Waals surface area contributed by atoms with Crippen LogP contribution in [-0.4, -0.2) is 98.9 Å². The molecule has 1 aliphatic carbocycles. The Morgan fingerprint density at radius 2 is 1.02 bits per heavy atom. The minimum absolute atomic E-state index is 0.0903. The van der Waals surface area contributed by atoms with Crippen LogP contribution in [0.15, 0.2) is 60.8 Å². The summed E-state index contributed by atoms with van der Waals surface area (Å²) in [5, 5.41) is 50.1. The topological polar surface area (TPSA) is 192 Å². The monoisotopic (exact) mass is 843 g/mol. The second-order valence-corrected chi connectivity index (χ2v) is 16.6. The van der Waals surface area contributed by atoms with Gasteiger partial charge in [0.1, 0.15) is 42.7 Å². The van der Waals surface area contributed by atoms with Gasteiger partial charge in [-0.05, 0) is 70.6 Å². The van der Waals surface area contributed by atoms with Crippen LogP contribution in [0, 0.1) is 0 Å². The number of phosphoric ester groups is 1. The van der Waals surface area contributed by atoms with Gasteiger partial charge in [0.05, 0.1) is 13.2 Å². The van der Waals surface area contributed by atoms with E-state index in [1.165, 1.54) is 25.7 Å². The van der Waals surface area contributed by atoms with Crippen molar-refractivity contribution in [3.05, 3.63) is 60.8 Å². The van der Waals surface area contributed by atoms with Crippen LogP contribution in [0.4, 0.5) is 0 Å². The number of carbonyl (C=O) groups excluding carboxylic acids is 1. The van der Waals surface area contributed by atoms with E-state index < -0.39 is 63.1 Å². The molecule has 1 fully saturated rings. The Morgan fingerprint density at radius 3 is 1.55 bits per heavy atom. The minimum Gasteiger partial charge on any atom is -0.457 e. The predicted octanol–water partition coefficient (Wildman–Crippen LogP) is 8.64. The number of ether oxygens (including phenoxy) is 2. The molecule has 0 bridgehead atoms. The first-order chi connectivity index (χ1) is 28.0. The summed E-state index contributed by atoms with van der Waals surface area (Å²) in [4.78, 5) is 23.1. The molecule has 1 rings (SSSR count). The van der Waals surface area contributed by atoms with E-state index in [2.05, 4.69) is 74.6 Å². The Hall–Kier alpha value is -1.96. The lowest BCUT2D eigenvalue weighted by atomic mass is 9.85. The molecule has 13 heteroatoms. The second-order valence-electron chi connectivity index (χ2n) is 15.2. The van der Waals surface area contributed by atoms with Gasteiger partial charge in [0, 0.05) is 13.0 Å². The second kappa shape index (κ2) is 35.8. The van der Waals surface area contributed by atoms with Crippen molar-refractivity contribution >= 4 is 13.8 Å². The maximum absolute atomic E-state index is 12.8. The Labute approximate surface area is 349 Å². The molecule has 0 aromatic heterocycles. The number of aliphatic hydroxyl groups excluding tert-OH is 5. The lowest BCUT2D eigenvalue weighted by Crippen LogP contribution is -2.64. The average molecular weight is 843 g/mol. The predicted molar refractivity (Wildman–Crippen MR) is 230 cm³/mol. The molecule has 1 aliphatic rings. The highest BCUT2D eigenvalue weighted by atomic mass is 31.2. The van der Waals surface area contributed by atoms with Gasteiger partial charge in [-0.25, -0.2) is 4.57 Å². The van der Waals surface area contributed by atoms with Crippen molar-refractivity contribution in [2.75, 3.05) is 19.8 Å². The smallest absolute Gasteiger partial charge is 0.457 e. The average Bonchev–Trinajstić information content (AvgIpc) is 3.21. The van der Waals surface area contributed by atoms with Crippen LogP contribution in [0.1, 0.15) is 155 Å². The van der Waals surface area contributed by atoms with Gasteiger partial charge in [0.2, 0.25) is 0 Å². The van der Waals surface area contributed by atoms with Crippen molar-refractivity contribution in [1.29, 1.82) is 0 Å². The van der Waals surface area contributed by atoms with E-state index in [4.69, 9.17) is 18.5 Å². The summed E-state index contributed by atoms with van der Waals surface area (Å²) in [5.41, 5.74) is 0. The Morgan fingerprint density at radius 1 is 0.569 bits per heavy atom. The lowest BCUT2D eigenvalue weighted by molar-refractivity contribution is -0.220. The number of hydrogen-bond acceptors (Lipinski definition) is 11. The van der Waals surface area contributed by atoms with Crippen molar-refractivity contribution in [1.82, 2.24) is 0 Å². The molecule has 0 amide bonds. The fourth-order valence-corrected chi connectivity index (χ4v) is 7.32. The number of allylic oxidation sites excluding steroid dienone is 10. The van der Waals surface area contributed by atoms with Gasteiger partial charge < -0.3 is 39.9 Å². The normalized spacial score (nSPS) is 23.2. The molecule has 58 heavy (non-hydrogen) atoms. The van der Waals surface area contributed by atoms with Gasteiger partial charge in [-0.3, -0.25) is 13.8 Å².